The third-order valence-corrected chi connectivity index (χ3v) is 4.96. The second kappa shape index (κ2) is 8.47. The molecule has 0 radical (unpaired) electrons. The average molecular weight is 435 g/mol. The highest BCUT2D eigenvalue weighted by atomic mass is 79.9. The molecule has 0 bridgehead atoms. The van der Waals surface area contributed by atoms with Crippen molar-refractivity contribution in [3.05, 3.63) is 70.2 Å². The first kappa shape index (κ1) is 17.9. The van der Waals surface area contributed by atoms with Crippen LogP contribution in [0.15, 0.2) is 70.2 Å². The van der Waals surface area contributed by atoms with Crippen LogP contribution in [-0.2, 0) is 4.79 Å². The topological polar surface area (TPSA) is 54.9 Å². The molecule has 2 aromatic carbocycles. The molecule has 25 heavy (non-hydrogen) atoms. The Balaban J connectivity index is 1.55. The molecule has 1 aromatic heterocycles. The number of anilines is 1. The lowest BCUT2D eigenvalue weighted by Gasteiger charge is -2.05. The van der Waals surface area contributed by atoms with E-state index in [-0.39, 0.29) is 11.7 Å². The van der Waals surface area contributed by atoms with E-state index in [1.807, 2.05) is 60.7 Å². The standard InChI is InChI=1S/C18H13BrClN3OS/c19-13-3-7-15(8-4-13)21-17(24)11-25-18-10-9-16(22-23-18)12-1-5-14(20)6-2-12/h1-10H,11H2,(H,21,24). The summed E-state index contributed by atoms with van der Waals surface area (Å²) in [5.74, 6) is 0.182. The lowest BCUT2D eigenvalue weighted by atomic mass is 10.1. The number of nitrogens with one attached hydrogen (secondary N) is 1. The van der Waals surface area contributed by atoms with Crippen LogP contribution in [-0.4, -0.2) is 21.9 Å². The molecule has 0 aliphatic heterocycles. The molecule has 1 amide bonds. The molecule has 3 aromatic rings. The number of amides is 1. The molecule has 0 unspecified atom stereocenters. The van der Waals surface area contributed by atoms with Crippen LogP contribution in [0.25, 0.3) is 11.3 Å². The number of carbonyl (C=O) groups excluding carboxylic acids is 1. The van der Waals surface area contributed by atoms with Gasteiger partial charge in [-0.05, 0) is 48.5 Å². The molecule has 0 aliphatic carbocycles. The van der Waals surface area contributed by atoms with E-state index in [4.69, 9.17) is 11.6 Å². The maximum absolute atomic E-state index is 12.0. The van der Waals surface area contributed by atoms with E-state index in [9.17, 15) is 4.79 Å². The molecule has 1 heterocycles. The Hall–Kier alpha value is -1.89. The number of thioether (sulfide) groups is 1. The van der Waals surface area contributed by atoms with Crippen molar-refractivity contribution in [2.45, 2.75) is 5.03 Å². The van der Waals surface area contributed by atoms with Crippen molar-refractivity contribution < 1.29 is 4.79 Å². The van der Waals surface area contributed by atoms with E-state index < -0.39 is 0 Å². The molecule has 0 saturated carbocycles. The first-order valence-electron chi connectivity index (χ1n) is 7.38. The minimum atomic E-state index is -0.0871. The molecule has 4 nitrogen and oxygen atoms in total. The fourth-order valence-electron chi connectivity index (χ4n) is 2.04. The zero-order valence-electron chi connectivity index (χ0n) is 12.9. The van der Waals surface area contributed by atoms with E-state index in [0.29, 0.717) is 10.0 Å². The SMILES string of the molecule is O=C(CSc1ccc(-c2ccc(Cl)cc2)nn1)Nc1ccc(Br)cc1. The summed E-state index contributed by atoms with van der Waals surface area (Å²) in [6.07, 6.45) is 0. The van der Waals surface area contributed by atoms with Crippen molar-refractivity contribution >= 4 is 50.9 Å². The van der Waals surface area contributed by atoms with Crippen LogP contribution in [0.1, 0.15) is 0 Å². The van der Waals surface area contributed by atoms with Crippen LogP contribution in [0.4, 0.5) is 5.69 Å². The summed E-state index contributed by atoms with van der Waals surface area (Å²) in [5, 5.41) is 12.6. The van der Waals surface area contributed by atoms with Crippen molar-refractivity contribution in [2.75, 3.05) is 11.1 Å². The summed E-state index contributed by atoms with van der Waals surface area (Å²) in [5.41, 5.74) is 2.47. The maximum Gasteiger partial charge on any atom is 0.234 e. The largest absolute Gasteiger partial charge is 0.325 e. The fraction of sp³-hybridized carbons (Fsp3) is 0.0556. The van der Waals surface area contributed by atoms with Gasteiger partial charge in [-0.15, -0.1) is 10.2 Å². The summed E-state index contributed by atoms with van der Waals surface area (Å²) >= 11 is 10.6. The molecular weight excluding hydrogens is 422 g/mol. The lowest BCUT2D eigenvalue weighted by Crippen LogP contribution is -2.14. The number of benzene rings is 2. The van der Waals surface area contributed by atoms with Gasteiger partial charge >= 0.3 is 0 Å². The Morgan fingerprint density at radius 1 is 1.00 bits per heavy atom. The number of aromatic nitrogens is 2. The highest BCUT2D eigenvalue weighted by Crippen LogP contribution is 2.22. The molecule has 3 rings (SSSR count). The Bertz CT molecular complexity index is 855. The molecule has 0 atom stereocenters. The summed E-state index contributed by atoms with van der Waals surface area (Å²) < 4.78 is 0.968. The van der Waals surface area contributed by atoms with Gasteiger partial charge in [0.1, 0.15) is 5.03 Å². The third-order valence-electron chi connectivity index (χ3n) is 3.26. The van der Waals surface area contributed by atoms with E-state index in [1.165, 1.54) is 11.8 Å². The minimum absolute atomic E-state index is 0.0871. The van der Waals surface area contributed by atoms with Crippen molar-refractivity contribution in [1.82, 2.24) is 10.2 Å². The Morgan fingerprint density at radius 3 is 2.36 bits per heavy atom. The van der Waals surface area contributed by atoms with Crippen LogP contribution < -0.4 is 5.32 Å². The van der Waals surface area contributed by atoms with Gasteiger partial charge in [-0.25, -0.2) is 0 Å². The van der Waals surface area contributed by atoms with E-state index >= 15 is 0 Å². The first-order valence-corrected chi connectivity index (χ1v) is 9.54. The number of hydrogen-bond donors (Lipinski definition) is 1. The molecule has 0 saturated heterocycles. The third kappa shape index (κ3) is 5.29. The second-order valence-corrected chi connectivity index (χ2v) is 7.46. The van der Waals surface area contributed by atoms with Gasteiger partial charge in [-0.2, -0.15) is 0 Å². The van der Waals surface area contributed by atoms with Crippen LogP contribution in [0.5, 0.6) is 0 Å². The predicted octanol–water partition coefficient (Wildman–Crippen LogP) is 5.29. The highest BCUT2D eigenvalue weighted by Gasteiger charge is 2.06. The fourth-order valence-corrected chi connectivity index (χ4v) is 3.05. The summed E-state index contributed by atoms with van der Waals surface area (Å²) in [7, 11) is 0. The highest BCUT2D eigenvalue weighted by molar-refractivity contribution is 9.10. The van der Waals surface area contributed by atoms with Crippen LogP contribution in [0.3, 0.4) is 0 Å². The maximum atomic E-state index is 12.0. The molecule has 1 N–H and O–H groups in total. The number of halogens is 2. The van der Waals surface area contributed by atoms with Gasteiger partial charge in [0.15, 0.2) is 0 Å². The van der Waals surface area contributed by atoms with E-state index in [2.05, 4.69) is 31.4 Å². The molecule has 7 heteroatoms. The van der Waals surface area contributed by atoms with Gasteiger partial charge in [0.2, 0.25) is 5.91 Å². The van der Waals surface area contributed by atoms with Crippen molar-refractivity contribution in [3.63, 3.8) is 0 Å². The molecule has 126 valence electrons. The van der Waals surface area contributed by atoms with Gasteiger partial charge < -0.3 is 5.32 Å². The smallest absolute Gasteiger partial charge is 0.234 e. The normalized spacial score (nSPS) is 10.5. The van der Waals surface area contributed by atoms with Gasteiger partial charge in [-0.1, -0.05) is 51.4 Å². The predicted molar refractivity (Wildman–Crippen MR) is 106 cm³/mol. The molecule has 0 fully saturated rings. The summed E-state index contributed by atoms with van der Waals surface area (Å²) in [6, 6.07) is 18.6. The van der Waals surface area contributed by atoms with Crippen LogP contribution in [0.2, 0.25) is 5.02 Å². The van der Waals surface area contributed by atoms with E-state index in [0.717, 1.165) is 21.4 Å². The van der Waals surface area contributed by atoms with Gasteiger partial charge in [0, 0.05) is 20.7 Å². The second-order valence-electron chi connectivity index (χ2n) is 5.11. The summed E-state index contributed by atoms with van der Waals surface area (Å²) in [4.78, 5) is 12.0. The lowest BCUT2D eigenvalue weighted by molar-refractivity contribution is -0.113. The Morgan fingerprint density at radius 2 is 1.72 bits per heavy atom. The quantitative estimate of drug-likeness (QED) is 0.554. The Kier molecular flexibility index (Phi) is 6.07. The minimum Gasteiger partial charge on any atom is -0.325 e. The van der Waals surface area contributed by atoms with Crippen molar-refractivity contribution in [3.8, 4) is 11.3 Å². The molecule has 0 aliphatic rings. The van der Waals surface area contributed by atoms with Crippen molar-refractivity contribution in [2.24, 2.45) is 0 Å². The van der Waals surface area contributed by atoms with E-state index in [1.54, 1.807) is 0 Å². The van der Waals surface area contributed by atoms with Gasteiger partial charge in [0.25, 0.3) is 0 Å². The zero-order valence-corrected chi connectivity index (χ0v) is 16.1. The van der Waals surface area contributed by atoms with Gasteiger partial charge in [0.05, 0.1) is 11.4 Å². The number of nitrogens with zero attached hydrogens (tertiary/aromatic N) is 2. The number of carbonyl (C=O) groups is 1. The average Bonchev–Trinajstić information content (AvgIpc) is 2.63. The zero-order chi connectivity index (χ0) is 17.6. The molecule has 0 spiro atoms. The number of rotatable bonds is 5. The molecular formula is C18H13BrClN3OS. The Labute approximate surface area is 163 Å². The monoisotopic (exact) mass is 433 g/mol. The van der Waals surface area contributed by atoms with Crippen molar-refractivity contribution in [1.29, 1.82) is 0 Å². The number of hydrogen-bond acceptors (Lipinski definition) is 4. The van der Waals surface area contributed by atoms with Crippen LogP contribution >= 0.6 is 39.3 Å². The van der Waals surface area contributed by atoms with Gasteiger partial charge in [-0.3, -0.25) is 4.79 Å². The summed E-state index contributed by atoms with van der Waals surface area (Å²) in [6.45, 7) is 0. The first-order chi connectivity index (χ1) is 12.1. The van der Waals surface area contributed by atoms with Crippen LogP contribution in [0, 0.1) is 0 Å².